The van der Waals surface area contributed by atoms with Crippen molar-refractivity contribution in [1.82, 2.24) is 55.3 Å². The van der Waals surface area contributed by atoms with Crippen LogP contribution in [0.2, 0.25) is 5.02 Å². The number of likely N-dealkylation sites (tertiary alicyclic amines) is 2. The first kappa shape index (κ1) is 77.7. The van der Waals surface area contributed by atoms with Crippen molar-refractivity contribution < 1.29 is 76.2 Å². The molecule has 0 spiro atoms. The molecule has 31 heteroatoms. The van der Waals surface area contributed by atoms with Crippen LogP contribution < -0.4 is 31.9 Å². The Morgan fingerprint density at radius 2 is 1.15 bits per heavy atom. The van der Waals surface area contributed by atoms with Crippen molar-refractivity contribution in [1.29, 1.82) is 0 Å². The van der Waals surface area contributed by atoms with Gasteiger partial charge < -0.3 is 84.3 Å². The minimum Gasteiger partial charge on any atom is -0.468 e. The van der Waals surface area contributed by atoms with Crippen LogP contribution in [0, 0.1) is 0 Å². The average Bonchev–Trinajstić information content (AvgIpc) is 1.58. The predicted octanol–water partition coefficient (Wildman–Crippen LogP) is 4.80. The number of carbonyl (C=O) groups excluding carboxylic acids is 7. The van der Waals surface area contributed by atoms with Gasteiger partial charge in [0, 0.05) is 98.7 Å². The maximum Gasteiger partial charge on any atom is 0.325 e. The molecule has 3 aromatic heterocycles. The van der Waals surface area contributed by atoms with Gasteiger partial charge in [-0.15, -0.1) is 0 Å². The number of aryl methyl sites for hydroxylation is 1. The van der Waals surface area contributed by atoms with E-state index in [-0.39, 0.29) is 68.4 Å². The van der Waals surface area contributed by atoms with Crippen LogP contribution in [0.1, 0.15) is 97.8 Å². The van der Waals surface area contributed by atoms with Crippen LogP contribution in [0.4, 0.5) is 17.3 Å². The van der Waals surface area contributed by atoms with Crippen LogP contribution >= 0.6 is 11.6 Å². The van der Waals surface area contributed by atoms with E-state index in [4.69, 9.17) is 65.3 Å². The van der Waals surface area contributed by atoms with Crippen LogP contribution in [-0.2, 0) is 85.0 Å². The van der Waals surface area contributed by atoms with Gasteiger partial charge in [-0.1, -0.05) is 35.9 Å². The van der Waals surface area contributed by atoms with E-state index in [0.29, 0.717) is 173 Å². The number of esters is 1. The lowest BCUT2D eigenvalue weighted by molar-refractivity contribution is -0.141. The summed E-state index contributed by atoms with van der Waals surface area (Å²) in [5, 5.41) is 22.7. The van der Waals surface area contributed by atoms with E-state index >= 15 is 0 Å². The van der Waals surface area contributed by atoms with Crippen molar-refractivity contribution in [3.8, 4) is 11.1 Å². The van der Waals surface area contributed by atoms with Gasteiger partial charge in [-0.05, 0) is 92.3 Å². The van der Waals surface area contributed by atoms with E-state index in [1.54, 1.807) is 26.7 Å². The minimum atomic E-state index is -0.636. The Hall–Kier alpha value is -8.46. The zero-order valence-corrected chi connectivity index (χ0v) is 59.2. The van der Waals surface area contributed by atoms with E-state index in [1.807, 2.05) is 54.4 Å². The summed E-state index contributed by atoms with van der Waals surface area (Å²) in [5.41, 5.74) is 11.6. The Bertz CT molecular complexity index is 3690. The molecule has 3 aromatic carbocycles. The SMILES string of the molecule is COC(=O)CNC(=O)CNC(=O)Cn1nc(C2CCN(C(=O)CCC(=O)NCCOCCOCCOCCOCCOCCOCCOCCOCCC(=O)N3CCC(c4ccc(Nc5nc(N6CCCCC6)cnc5C(N)=O)cc4)CC3)CC2)c2c(-c3cc4c(cnn4C)cc3Cl)cccc21. The van der Waals surface area contributed by atoms with Crippen LogP contribution in [-0.4, -0.2) is 252 Å². The Kier molecular flexibility index (Phi) is 31.7. The molecular weight excluding hydrogens is 1340 g/mol. The van der Waals surface area contributed by atoms with Crippen LogP contribution in [0.5, 0.6) is 0 Å². The number of rotatable bonds is 43. The van der Waals surface area contributed by atoms with Crippen molar-refractivity contribution in [2.45, 2.75) is 82.6 Å². The number of nitrogens with two attached hydrogens (primary N) is 1. The van der Waals surface area contributed by atoms with Gasteiger partial charge in [0.25, 0.3) is 5.91 Å². The molecule has 0 saturated carbocycles. The third-order valence-electron chi connectivity index (χ3n) is 17.9. The number of hydrogen-bond acceptors (Lipinski definition) is 22. The molecule has 6 heterocycles. The average molecular weight is 1440 g/mol. The monoisotopic (exact) mass is 1440 g/mol. The van der Waals surface area contributed by atoms with Gasteiger partial charge in [0.05, 0.1) is 155 Å². The lowest BCUT2D eigenvalue weighted by Gasteiger charge is -2.32. The van der Waals surface area contributed by atoms with Crippen molar-refractivity contribution >= 4 is 92.1 Å². The maximum absolute atomic E-state index is 13.4. The number of piperidine rings is 3. The number of nitrogens with zero attached hydrogens (tertiary/aromatic N) is 9. The molecule has 6 aromatic rings. The Morgan fingerprint density at radius 1 is 0.578 bits per heavy atom. The molecule has 3 fully saturated rings. The quantitative estimate of drug-likeness (QED) is 0.0253. The van der Waals surface area contributed by atoms with Crippen molar-refractivity contribution in [3.05, 3.63) is 89.0 Å². The van der Waals surface area contributed by atoms with Gasteiger partial charge in [0.1, 0.15) is 18.9 Å². The maximum atomic E-state index is 13.4. The second kappa shape index (κ2) is 41.6. The Labute approximate surface area is 598 Å². The topological polar surface area (TPSA) is 348 Å². The molecule has 554 valence electrons. The molecule has 102 heavy (non-hydrogen) atoms. The lowest BCUT2D eigenvalue weighted by atomic mass is 9.89. The number of carbonyl (C=O) groups is 7. The number of nitrogens with one attached hydrogen (secondary N) is 4. The predicted molar refractivity (Wildman–Crippen MR) is 379 cm³/mol. The fraction of sp³-hybridized carbons (Fsp3) is 0.563. The molecule has 0 bridgehead atoms. The van der Waals surface area contributed by atoms with Crippen molar-refractivity contribution in [3.63, 3.8) is 0 Å². The molecule has 0 aliphatic carbocycles. The Balaban J connectivity index is 0.525. The van der Waals surface area contributed by atoms with Gasteiger partial charge in [-0.3, -0.25) is 42.9 Å². The number of ether oxygens (including phenoxy) is 9. The summed E-state index contributed by atoms with van der Waals surface area (Å²) in [6.07, 6.45) is 10.1. The number of amides is 6. The highest BCUT2D eigenvalue weighted by Crippen LogP contribution is 2.42. The van der Waals surface area contributed by atoms with E-state index in [2.05, 4.69) is 53.1 Å². The summed E-state index contributed by atoms with van der Waals surface area (Å²) in [6, 6.07) is 17.7. The van der Waals surface area contributed by atoms with Gasteiger partial charge in [0.2, 0.25) is 29.5 Å². The molecule has 6 N–H and O–H groups in total. The molecule has 0 radical (unpaired) electrons. The number of fused-ring (bicyclic) bond motifs is 2. The van der Waals surface area contributed by atoms with Crippen molar-refractivity contribution in [2.75, 3.05) is 182 Å². The van der Waals surface area contributed by atoms with E-state index in [0.717, 1.165) is 83.4 Å². The first-order chi connectivity index (χ1) is 49.7. The van der Waals surface area contributed by atoms with Crippen molar-refractivity contribution in [2.24, 2.45) is 12.8 Å². The van der Waals surface area contributed by atoms with Gasteiger partial charge in [-0.2, -0.15) is 10.2 Å². The van der Waals surface area contributed by atoms with E-state index in [9.17, 15) is 33.6 Å². The molecule has 3 aliphatic heterocycles. The normalized spacial score (nSPS) is 14.5. The summed E-state index contributed by atoms with van der Waals surface area (Å²) >= 11 is 6.95. The molecular formula is C71H97ClN14O16. The van der Waals surface area contributed by atoms with E-state index < -0.39 is 23.7 Å². The minimum absolute atomic E-state index is 0.0389. The summed E-state index contributed by atoms with van der Waals surface area (Å²) in [5.74, 6) is -1.21. The number of primary amides is 1. The second-order valence-corrected chi connectivity index (χ2v) is 25.3. The first-order valence-electron chi connectivity index (χ1n) is 35.2. The zero-order chi connectivity index (χ0) is 71.8. The number of halogens is 1. The number of benzene rings is 3. The molecule has 9 rings (SSSR count). The summed E-state index contributed by atoms with van der Waals surface area (Å²) < 4.78 is 52.7. The Morgan fingerprint density at radius 3 is 1.75 bits per heavy atom. The third-order valence-corrected chi connectivity index (χ3v) is 18.2. The fourth-order valence-electron chi connectivity index (χ4n) is 12.4. The molecule has 0 unspecified atom stereocenters. The highest BCUT2D eigenvalue weighted by atomic mass is 35.5. The van der Waals surface area contributed by atoms with Gasteiger partial charge in [0.15, 0.2) is 11.5 Å². The standard InChI is InChI=1S/C71H97ClN14O16/c1-82-59-44-56(57(72)43-53(59)45-78-82)55-7-6-8-58-67(55)68(81-86(58)49-63(89)75-47-62(88)76-48-66(92)94-2)52-17-25-84(26-18-52)64(90)14-13-61(87)74-20-28-96-30-32-98-34-36-100-38-40-102-42-41-101-39-37-99-35-33-97-31-29-95-27-19-65(91)85-23-15-51(16-24-85)50-9-11-54(12-10-50)79-71-69(70(73)93)77-46-60(80-71)83-21-4-3-5-22-83/h6-12,43-46,51-52H,3-5,13-42,47-49H2,1-2H3,(H2,73,93)(H,74,87)(H,75,89)(H,76,88)(H,79,80). The van der Waals surface area contributed by atoms with Gasteiger partial charge in [-0.25, -0.2) is 9.97 Å². The highest BCUT2D eigenvalue weighted by Gasteiger charge is 2.31. The highest BCUT2D eigenvalue weighted by molar-refractivity contribution is 6.34. The first-order valence-corrected chi connectivity index (χ1v) is 35.5. The molecule has 6 amide bonds. The summed E-state index contributed by atoms with van der Waals surface area (Å²) in [6.45, 7) is 9.83. The number of aromatic nitrogens is 6. The lowest BCUT2D eigenvalue weighted by Crippen LogP contribution is -2.40. The largest absolute Gasteiger partial charge is 0.468 e. The van der Waals surface area contributed by atoms with Gasteiger partial charge >= 0.3 is 5.97 Å². The summed E-state index contributed by atoms with van der Waals surface area (Å²) in [4.78, 5) is 103. The fourth-order valence-corrected chi connectivity index (χ4v) is 12.7. The summed E-state index contributed by atoms with van der Waals surface area (Å²) in [7, 11) is 3.07. The number of methoxy groups -OCH3 is 1. The number of hydrogen-bond donors (Lipinski definition) is 5. The third kappa shape index (κ3) is 24.1. The van der Waals surface area contributed by atoms with Crippen LogP contribution in [0.15, 0.2) is 67.0 Å². The van der Waals surface area contributed by atoms with E-state index in [1.165, 1.54) is 19.1 Å². The molecule has 3 aliphatic rings. The molecule has 3 saturated heterocycles. The smallest absolute Gasteiger partial charge is 0.325 e. The van der Waals surface area contributed by atoms with Crippen LogP contribution in [0.25, 0.3) is 32.9 Å². The molecule has 0 atom stereocenters. The molecule has 30 nitrogen and oxygen atoms in total. The zero-order valence-electron chi connectivity index (χ0n) is 58.5. The second-order valence-electron chi connectivity index (χ2n) is 24.9. The number of anilines is 3. The van der Waals surface area contributed by atoms with Crippen LogP contribution in [0.3, 0.4) is 0 Å².